The largest absolute Gasteiger partial charge is 0.573 e. The molecule has 0 saturated carbocycles. The molecule has 0 radical (unpaired) electrons. The molecule has 0 aliphatic heterocycles. The third kappa shape index (κ3) is 4.15. The molecule has 0 fully saturated rings. The van der Waals surface area contributed by atoms with Crippen LogP contribution in [0.4, 0.5) is 13.2 Å². The molecule has 182 valence electrons. The molecule has 0 bridgehead atoms. The monoisotopic (exact) mass is 494 g/mol. The van der Waals surface area contributed by atoms with Crippen molar-refractivity contribution < 1.29 is 32.3 Å². The van der Waals surface area contributed by atoms with Crippen LogP contribution in [0, 0.1) is 13.8 Å². The average Bonchev–Trinajstić information content (AvgIpc) is 3.37. The van der Waals surface area contributed by atoms with E-state index < -0.39 is 18.1 Å². The van der Waals surface area contributed by atoms with Gasteiger partial charge in [-0.15, -0.1) is 13.2 Å². The number of alkyl halides is 3. The first-order chi connectivity index (χ1) is 17.1. The predicted molar refractivity (Wildman–Crippen MR) is 123 cm³/mol. The smallest absolute Gasteiger partial charge is 0.478 e. The van der Waals surface area contributed by atoms with E-state index in [-0.39, 0.29) is 11.1 Å². The minimum atomic E-state index is -5.04. The van der Waals surface area contributed by atoms with E-state index in [1.807, 2.05) is 0 Å². The maximum atomic E-state index is 13.3. The number of hydrogen-bond donors (Lipinski definition) is 1. The first kappa shape index (κ1) is 23.1. The Balaban J connectivity index is 1.81. The maximum Gasteiger partial charge on any atom is 0.573 e. The van der Waals surface area contributed by atoms with Crippen LogP contribution in [-0.4, -0.2) is 37.1 Å². The second-order valence-electron chi connectivity index (χ2n) is 7.96. The summed E-state index contributed by atoms with van der Waals surface area (Å²) in [5, 5.41) is 13.8. The second kappa shape index (κ2) is 8.52. The fraction of sp³-hybridized carbons (Fsp3) is 0.120. The number of pyridine rings is 2. The third-order valence-corrected chi connectivity index (χ3v) is 5.61. The van der Waals surface area contributed by atoms with E-state index in [4.69, 9.17) is 4.52 Å². The molecule has 5 aromatic rings. The number of rotatable bonds is 5. The van der Waals surface area contributed by atoms with Gasteiger partial charge in [0.05, 0.1) is 11.3 Å². The number of aromatic carboxylic acids is 1. The topological polar surface area (TPSA) is 103 Å². The van der Waals surface area contributed by atoms with Crippen LogP contribution < -0.4 is 4.74 Å². The zero-order valence-electron chi connectivity index (χ0n) is 18.9. The summed E-state index contributed by atoms with van der Waals surface area (Å²) in [6.45, 7) is 3.52. The molecule has 4 aromatic heterocycles. The summed E-state index contributed by atoms with van der Waals surface area (Å²) < 4.78 is 51.0. The molecule has 5 rings (SSSR count). The van der Waals surface area contributed by atoms with Gasteiger partial charge in [0.2, 0.25) is 0 Å². The molecule has 0 aliphatic carbocycles. The lowest BCUT2D eigenvalue weighted by atomic mass is 10.00. The van der Waals surface area contributed by atoms with Gasteiger partial charge in [-0.1, -0.05) is 11.2 Å². The van der Waals surface area contributed by atoms with Crippen LogP contribution in [-0.2, 0) is 0 Å². The lowest BCUT2D eigenvalue weighted by Crippen LogP contribution is -2.18. The van der Waals surface area contributed by atoms with Gasteiger partial charge in [0.25, 0.3) is 0 Å². The van der Waals surface area contributed by atoms with Crippen LogP contribution in [0.5, 0.6) is 5.75 Å². The number of aromatic nitrogens is 4. The van der Waals surface area contributed by atoms with Gasteiger partial charge in [-0.05, 0) is 50.2 Å². The fourth-order valence-corrected chi connectivity index (χ4v) is 4.11. The summed E-state index contributed by atoms with van der Waals surface area (Å²) in [4.78, 5) is 20.4. The number of benzene rings is 1. The number of carboxylic acid groups (broad SMARTS) is 1. The van der Waals surface area contributed by atoms with Crippen LogP contribution in [0.3, 0.4) is 0 Å². The Morgan fingerprint density at radius 2 is 1.89 bits per heavy atom. The van der Waals surface area contributed by atoms with E-state index in [0.29, 0.717) is 45.0 Å². The van der Waals surface area contributed by atoms with Gasteiger partial charge in [0, 0.05) is 46.2 Å². The molecule has 8 nitrogen and oxygen atoms in total. The Bertz CT molecular complexity index is 1590. The highest BCUT2D eigenvalue weighted by Gasteiger charge is 2.33. The Hall–Kier alpha value is -4.67. The van der Waals surface area contributed by atoms with Crippen LogP contribution in [0.25, 0.3) is 39.1 Å². The summed E-state index contributed by atoms with van der Waals surface area (Å²) >= 11 is 0. The SMILES string of the molecule is Cc1noc(C)c1-c1cnc2c(c1)c(-c1ccc(C(=O)O)cc1OC(F)(F)F)cn2-c1ccccn1. The Morgan fingerprint density at radius 1 is 1.08 bits per heavy atom. The molecule has 0 unspecified atom stereocenters. The lowest BCUT2D eigenvalue weighted by Gasteiger charge is -2.14. The number of carboxylic acids is 1. The standard InChI is InChI=1S/C25H17F3N4O4/c1-13-22(14(2)36-31-13)16-9-18-19(12-32(23(18)30-11-16)21-5-3-4-8-29-21)17-7-6-15(24(33)34)10-20(17)35-25(26,27)28/h3-12H,1-2H3,(H,33,34). The molecule has 1 N–H and O–H groups in total. The molecule has 0 atom stereocenters. The number of hydrogen-bond acceptors (Lipinski definition) is 6. The summed E-state index contributed by atoms with van der Waals surface area (Å²) in [5.41, 5.74) is 2.46. The Kier molecular flexibility index (Phi) is 5.47. The van der Waals surface area contributed by atoms with E-state index in [0.717, 1.165) is 6.07 Å². The zero-order chi connectivity index (χ0) is 25.6. The molecule has 0 aliphatic rings. The normalized spacial score (nSPS) is 11.7. The molecule has 36 heavy (non-hydrogen) atoms. The number of carbonyl (C=O) groups is 1. The van der Waals surface area contributed by atoms with Gasteiger partial charge < -0.3 is 14.4 Å². The molecule has 4 heterocycles. The van der Waals surface area contributed by atoms with E-state index in [9.17, 15) is 23.1 Å². The lowest BCUT2D eigenvalue weighted by molar-refractivity contribution is -0.274. The third-order valence-electron chi connectivity index (χ3n) is 5.61. The van der Waals surface area contributed by atoms with Crippen molar-refractivity contribution in [2.24, 2.45) is 0 Å². The highest BCUT2D eigenvalue weighted by molar-refractivity contribution is 5.99. The number of halogens is 3. The van der Waals surface area contributed by atoms with E-state index >= 15 is 0 Å². The quantitative estimate of drug-likeness (QED) is 0.322. The highest BCUT2D eigenvalue weighted by atomic mass is 19.4. The van der Waals surface area contributed by atoms with Gasteiger partial charge in [-0.3, -0.25) is 4.57 Å². The molecule has 0 saturated heterocycles. The van der Waals surface area contributed by atoms with Crippen molar-refractivity contribution >= 4 is 17.0 Å². The first-order valence-electron chi connectivity index (χ1n) is 10.6. The zero-order valence-corrected chi connectivity index (χ0v) is 18.9. The van der Waals surface area contributed by atoms with E-state index in [1.165, 1.54) is 12.1 Å². The van der Waals surface area contributed by atoms with Gasteiger partial charge in [-0.2, -0.15) is 0 Å². The molecular weight excluding hydrogens is 477 g/mol. The van der Waals surface area contributed by atoms with Crippen LogP contribution >= 0.6 is 0 Å². The van der Waals surface area contributed by atoms with Crippen molar-refractivity contribution in [1.82, 2.24) is 19.7 Å². The predicted octanol–water partition coefficient (Wildman–Crippen LogP) is 5.96. The van der Waals surface area contributed by atoms with Crippen LogP contribution in [0.15, 0.2) is 65.6 Å². The number of ether oxygens (including phenoxy) is 1. The Labute approximate surface area is 201 Å². The maximum absolute atomic E-state index is 13.3. The number of nitrogens with zero attached hydrogens (tertiary/aromatic N) is 4. The number of aryl methyl sites for hydroxylation is 2. The molecule has 1 aromatic carbocycles. The second-order valence-corrected chi connectivity index (χ2v) is 7.96. The Morgan fingerprint density at radius 3 is 2.53 bits per heavy atom. The summed E-state index contributed by atoms with van der Waals surface area (Å²) in [5.74, 6) is -0.977. The first-order valence-corrected chi connectivity index (χ1v) is 10.6. The van der Waals surface area contributed by atoms with Crippen molar-refractivity contribution in [1.29, 1.82) is 0 Å². The van der Waals surface area contributed by atoms with E-state index in [1.54, 1.807) is 61.3 Å². The minimum absolute atomic E-state index is 0.0368. The van der Waals surface area contributed by atoms with Crippen molar-refractivity contribution in [2.45, 2.75) is 20.2 Å². The van der Waals surface area contributed by atoms with Crippen molar-refractivity contribution in [3.63, 3.8) is 0 Å². The molecule has 0 spiro atoms. The van der Waals surface area contributed by atoms with Gasteiger partial charge in [0.15, 0.2) is 0 Å². The van der Waals surface area contributed by atoms with Crippen molar-refractivity contribution in [3.8, 4) is 33.8 Å². The van der Waals surface area contributed by atoms with Gasteiger partial charge in [-0.25, -0.2) is 14.8 Å². The summed E-state index contributed by atoms with van der Waals surface area (Å²) in [7, 11) is 0. The molecule has 0 amide bonds. The minimum Gasteiger partial charge on any atom is -0.478 e. The fourth-order valence-electron chi connectivity index (χ4n) is 4.11. The summed E-state index contributed by atoms with van der Waals surface area (Å²) in [6.07, 6.45) is -0.237. The van der Waals surface area contributed by atoms with Crippen LogP contribution in [0.2, 0.25) is 0 Å². The summed E-state index contributed by atoms with van der Waals surface area (Å²) in [6, 6.07) is 10.4. The van der Waals surface area contributed by atoms with E-state index in [2.05, 4.69) is 19.9 Å². The van der Waals surface area contributed by atoms with Gasteiger partial charge >= 0.3 is 12.3 Å². The average molecular weight is 494 g/mol. The van der Waals surface area contributed by atoms with Gasteiger partial charge in [0.1, 0.15) is 23.0 Å². The van der Waals surface area contributed by atoms with Crippen molar-refractivity contribution in [3.05, 3.63) is 78.1 Å². The van der Waals surface area contributed by atoms with Crippen molar-refractivity contribution in [2.75, 3.05) is 0 Å². The highest BCUT2D eigenvalue weighted by Crippen LogP contribution is 2.41. The number of fused-ring (bicyclic) bond motifs is 1. The molecule has 11 heteroatoms. The molecular formula is C25H17F3N4O4. The van der Waals surface area contributed by atoms with Crippen LogP contribution in [0.1, 0.15) is 21.8 Å².